The number of hydrogen-bond acceptors (Lipinski definition) is 6. The molecule has 1 N–H and O–H groups in total. The summed E-state index contributed by atoms with van der Waals surface area (Å²) in [7, 11) is 0. The third-order valence-corrected chi connectivity index (χ3v) is 6.46. The van der Waals surface area contributed by atoms with Crippen LogP contribution in [-0.4, -0.2) is 28.1 Å². The van der Waals surface area contributed by atoms with E-state index in [0.717, 1.165) is 28.9 Å². The monoisotopic (exact) mass is 408 g/mol. The van der Waals surface area contributed by atoms with E-state index in [1.807, 2.05) is 31.2 Å². The molecule has 0 amide bonds. The van der Waals surface area contributed by atoms with Crippen molar-refractivity contribution in [3.63, 3.8) is 0 Å². The van der Waals surface area contributed by atoms with Crippen molar-refractivity contribution in [2.24, 2.45) is 0 Å². The molecule has 4 aromatic rings. The van der Waals surface area contributed by atoms with Crippen molar-refractivity contribution in [2.75, 3.05) is 13.1 Å². The Bertz CT molecular complexity index is 1210. The number of phenols is 1. The molecule has 0 unspecified atom stereocenters. The lowest BCUT2D eigenvalue weighted by molar-refractivity contribution is 0.290. The van der Waals surface area contributed by atoms with Crippen molar-refractivity contribution in [2.45, 2.75) is 33.7 Å². The van der Waals surface area contributed by atoms with Gasteiger partial charge in [0.1, 0.15) is 22.6 Å². The average molecular weight is 409 g/mol. The molecule has 5 nitrogen and oxygen atoms in total. The Labute approximate surface area is 173 Å². The van der Waals surface area contributed by atoms with E-state index in [4.69, 9.17) is 4.42 Å². The van der Waals surface area contributed by atoms with Crippen molar-refractivity contribution in [3.8, 4) is 16.3 Å². The Balaban J connectivity index is 1.94. The van der Waals surface area contributed by atoms with Crippen molar-refractivity contribution >= 4 is 32.5 Å². The first-order chi connectivity index (χ1) is 14.1. The van der Waals surface area contributed by atoms with Gasteiger partial charge < -0.3 is 9.52 Å². The van der Waals surface area contributed by atoms with Gasteiger partial charge in [-0.15, -0.1) is 11.3 Å². The van der Waals surface area contributed by atoms with Gasteiger partial charge >= 0.3 is 0 Å². The zero-order chi connectivity index (χ0) is 20.5. The summed E-state index contributed by atoms with van der Waals surface area (Å²) in [6.45, 7) is 8.36. The number of rotatable bonds is 6. The van der Waals surface area contributed by atoms with E-state index in [1.54, 1.807) is 6.07 Å². The lowest BCUT2D eigenvalue weighted by Gasteiger charge is -2.20. The minimum Gasteiger partial charge on any atom is -0.507 e. The molecule has 29 heavy (non-hydrogen) atoms. The standard InChI is InChI=1S/C23H24N2O3S/c1-4-14-11-15-21(27)17(23-24-18-9-7-8-10-19(18)29-23)13-28-22(15)16(20(14)26)12-25(5-2)6-3/h7-11,13,26H,4-6,12H2,1-3H3. The molecular weight excluding hydrogens is 384 g/mol. The molecule has 4 rings (SSSR count). The van der Waals surface area contributed by atoms with E-state index in [-0.39, 0.29) is 11.2 Å². The smallest absolute Gasteiger partial charge is 0.202 e. The normalized spacial score (nSPS) is 11.7. The minimum atomic E-state index is -0.110. The number of aryl methyl sites for hydroxylation is 1. The Hall–Kier alpha value is -2.70. The Kier molecular flexibility index (Phi) is 5.39. The van der Waals surface area contributed by atoms with Crippen LogP contribution in [0.4, 0.5) is 0 Å². The molecule has 0 fully saturated rings. The molecule has 0 atom stereocenters. The average Bonchev–Trinajstić information content (AvgIpc) is 3.17. The number of hydrogen-bond donors (Lipinski definition) is 1. The second-order valence-electron chi connectivity index (χ2n) is 7.02. The fourth-order valence-corrected chi connectivity index (χ4v) is 4.58. The maximum atomic E-state index is 13.4. The molecule has 2 aromatic heterocycles. The van der Waals surface area contributed by atoms with Gasteiger partial charge in [-0.25, -0.2) is 4.98 Å². The van der Waals surface area contributed by atoms with Crippen LogP contribution in [0.2, 0.25) is 0 Å². The van der Waals surface area contributed by atoms with Crippen molar-refractivity contribution in [1.82, 2.24) is 9.88 Å². The highest BCUT2D eigenvalue weighted by Crippen LogP contribution is 2.34. The second kappa shape index (κ2) is 7.97. The van der Waals surface area contributed by atoms with Crippen LogP contribution >= 0.6 is 11.3 Å². The maximum Gasteiger partial charge on any atom is 0.202 e. The van der Waals surface area contributed by atoms with Gasteiger partial charge in [0.05, 0.1) is 26.7 Å². The zero-order valence-electron chi connectivity index (χ0n) is 16.9. The van der Waals surface area contributed by atoms with Crippen molar-refractivity contribution in [3.05, 3.63) is 57.9 Å². The van der Waals surface area contributed by atoms with Crippen LogP contribution in [0.3, 0.4) is 0 Å². The highest BCUT2D eigenvalue weighted by molar-refractivity contribution is 7.21. The molecule has 6 heteroatoms. The van der Waals surface area contributed by atoms with E-state index in [1.165, 1.54) is 17.6 Å². The number of nitrogens with zero attached hydrogens (tertiary/aromatic N) is 2. The Morgan fingerprint density at radius 1 is 1.17 bits per heavy atom. The summed E-state index contributed by atoms with van der Waals surface area (Å²) in [4.78, 5) is 20.2. The van der Waals surface area contributed by atoms with Gasteiger partial charge in [0.15, 0.2) is 0 Å². The molecule has 0 spiro atoms. The molecule has 0 saturated carbocycles. The first kappa shape index (κ1) is 19.6. The number of benzene rings is 2. The largest absolute Gasteiger partial charge is 0.507 e. The molecule has 150 valence electrons. The number of fused-ring (bicyclic) bond motifs is 2. The summed E-state index contributed by atoms with van der Waals surface area (Å²) in [5, 5.41) is 12.0. The van der Waals surface area contributed by atoms with Gasteiger partial charge in [0, 0.05) is 6.54 Å². The fourth-order valence-electron chi connectivity index (χ4n) is 3.61. The molecule has 2 heterocycles. The van der Waals surface area contributed by atoms with Crippen molar-refractivity contribution in [1.29, 1.82) is 0 Å². The van der Waals surface area contributed by atoms with Crippen molar-refractivity contribution < 1.29 is 9.52 Å². The van der Waals surface area contributed by atoms with Crippen LogP contribution in [0.25, 0.3) is 31.8 Å². The summed E-state index contributed by atoms with van der Waals surface area (Å²) in [5.74, 6) is 0.225. The summed E-state index contributed by atoms with van der Waals surface area (Å²) in [6, 6.07) is 9.59. The van der Waals surface area contributed by atoms with Gasteiger partial charge in [-0.2, -0.15) is 0 Å². The number of aromatic nitrogens is 1. The molecular formula is C23H24N2O3S. The van der Waals surface area contributed by atoms with Gasteiger partial charge in [-0.05, 0) is 43.3 Å². The molecule has 0 aliphatic heterocycles. The fraction of sp³-hybridized carbons (Fsp3) is 0.304. The van der Waals surface area contributed by atoms with Crippen LogP contribution in [-0.2, 0) is 13.0 Å². The second-order valence-corrected chi connectivity index (χ2v) is 8.05. The van der Waals surface area contributed by atoms with E-state index in [2.05, 4.69) is 23.7 Å². The SMILES string of the molecule is CCc1cc2c(=O)c(-c3nc4ccccc4s3)coc2c(CN(CC)CC)c1O. The summed E-state index contributed by atoms with van der Waals surface area (Å²) < 4.78 is 6.99. The van der Waals surface area contributed by atoms with Crippen LogP contribution in [0.15, 0.2) is 45.8 Å². The Morgan fingerprint density at radius 2 is 1.93 bits per heavy atom. The predicted octanol–water partition coefficient (Wildman–Crippen LogP) is 5.18. The van der Waals surface area contributed by atoms with Gasteiger partial charge in [0.25, 0.3) is 0 Å². The Morgan fingerprint density at radius 3 is 2.62 bits per heavy atom. The first-order valence-corrected chi connectivity index (χ1v) is 10.8. The molecule has 0 saturated heterocycles. The highest BCUT2D eigenvalue weighted by atomic mass is 32.1. The predicted molar refractivity (Wildman–Crippen MR) is 119 cm³/mol. The van der Waals surface area contributed by atoms with E-state index in [0.29, 0.717) is 40.1 Å². The van der Waals surface area contributed by atoms with Crippen LogP contribution in [0, 0.1) is 0 Å². The van der Waals surface area contributed by atoms with Crippen LogP contribution < -0.4 is 5.43 Å². The molecule has 0 aliphatic rings. The van der Waals surface area contributed by atoms with Crippen LogP contribution in [0.5, 0.6) is 5.75 Å². The van der Waals surface area contributed by atoms with E-state index >= 15 is 0 Å². The van der Waals surface area contributed by atoms with E-state index < -0.39 is 0 Å². The first-order valence-electron chi connectivity index (χ1n) is 9.94. The third kappa shape index (κ3) is 3.43. The number of thiazole rings is 1. The minimum absolute atomic E-state index is 0.110. The quantitative estimate of drug-likeness (QED) is 0.476. The summed E-state index contributed by atoms with van der Waals surface area (Å²) in [6.07, 6.45) is 2.12. The van der Waals surface area contributed by atoms with Crippen LogP contribution in [0.1, 0.15) is 31.9 Å². The third-order valence-electron chi connectivity index (χ3n) is 5.39. The van der Waals surface area contributed by atoms with Gasteiger partial charge in [0.2, 0.25) is 5.43 Å². The number of phenolic OH excluding ortho intramolecular Hbond substituents is 1. The molecule has 2 aromatic carbocycles. The maximum absolute atomic E-state index is 13.4. The number of para-hydroxylation sites is 1. The highest BCUT2D eigenvalue weighted by Gasteiger charge is 2.20. The molecule has 0 bridgehead atoms. The zero-order valence-corrected chi connectivity index (χ0v) is 17.7. The van der Waals surface area contributed by atoms with Gasteiger partial charge in [-0.1, -0.05) is 32.9 Å². The number of aromatic hydroxyl groups is 1. The lowest BCUT2D eigenvalue weighted by Crippen LogP contribution is -2.22. The topological polar surface area (TPSA) is 66.6 Å². The lowest BCUT2D eigenvalue weighted by atomic mass is 10.0. The summed E-state index contributed by atoms with van der Waals surface area (Å²) in [5.41, 5.74) is 3.11. The van der Waals surface area contributed by atoms with Gasteiger partial charge in [-0.3, -0.25) is 9.69 Å². The molecule has 0 radical (unpaired) electrons. The summed E-state index contributed by atoms with van der Waals surface area (Å²) >= 11 is 1.48. The van der Waals surface area contributed by atoms with E-state index in [9.17, 15) is 9.90 Å². The molecule has 0 aliphatic carbocycles.